The summed E-state index contributed by atoms with van der Waals surface area (Å²) in [4.78, 5) is 12.5. The van der Waals surface area contributed by atoms with Crippen molar-refractivity contribution in [3.8, 4) is 0 Å². The summed E-state index contributed by atoms with van der Waals surface area (Å²) in [6, 6.07) is 4.55. The van der Waals surface area contributed by atoms with E-state index < -0.39 is 0 Å². The van der Waals surface area contributed by atoms with Gasteiger partial charge in [0.1, 0.15) is 5.82 Å². The summed E-state index contributed by atoms with van der Waals surface area (Å²) in [6.45, 7) is 0. The van der Waals surface area contributed by atoms with Gasteiger partial charge in [-0.05, 0) is 55.9 Å². The molecule has 0 radical (unpaired) electrons. The number of carbonyl (C=O) groups is 1. The molecule has 1 saturated carbocycles. The van der Waals surface area contributed by atoms with Crippen molar-refractivity contribution >= 4 is 5.78 Å². The Labute approximate surface area is 106 Å². The number of Topliss-reactive ketones (excluding diaryl/α,β-unsaturated/α-hetero) is 1. The van der Waals surface area contributed by atoms with Gasteiger partial charge in [0.25, 0.3) is 0 Å². The molecule has 0 heterocycles. The first-order valence-corrected chi connectivity index (χ1v) is 6.51. The molecule has 0 unspecified atom stereocenters. The van der Waals surface area contributed by atoms with Crippen LogP contribution in [0.15, 0.2) is 18.2 Å². The number of ether oxygens (including phenoxy) is 1. The Morgan fingerprint density at radius 2 is 2.06 bits per heavy atom. The Kier molecular flexibility index (Phi) is 2.74. The van der Waals surface area contributed by atoms with E-state index >= 15 is 0 Å². The van der Waals surface area contributed by atoms with Gasteiger partial charge in [-0.2, -0.15) is 0 Å². The summed E-state index contributed by atoms with van der Waals surface area (Å²) >= 11 is 0. The van der Waals surface area contributed by atoms with Gasteiger partial charge >= 0.3 is 0 Å². The van der Waals surface area contributed by atoms with E-state index in [0.29, 0.717) is 6.42 Å². The zero-order chi connectivity index (χ0) is 12.8. The number of methoxy groups -OCH3 is 1. The predicted octanol–water partition coefficient (Wildman–Crippen LogP) is 3.14. The molecule has 0 aliphatic heterocycles. The lowest BCUT2D eigenvalue weighted by molar-refractivity contribution is 0.0285. The Bertz CT molecular complexity index is 487. The van der Waals surface area contributed by atoms with Crippen LogP contribution in [0.4, 0.5) is 4.39 Å². The van der Waals surface area contributed by atoms with Crippen LogP contribution in [0, 0.1) is 11.2 Å². The SMILES string of the molecule is COC1CCC2(CC1)Cc1cc(F)ccc1C2=O. The monoisotopic (exact) mass is 248 g/mol. The first-order valence-electron chi connectivity index (χ1n) is 6.51. The summed E-state index contributed by atoms with van der Waals surface area (Å²) < 4.78 is 18.6. The molecule has 0 aromatic heterocycles. The summed E-state index contributed by atoms with van der Waals surface area (Å²) in [5.74, 6) is -0.0313. The van der Waals surface area contributed by atoms with E-state index in [0.717, 1.165) is 36.8 Å². The van der Waals surface area contributed by atoms with Crippen LogP contribution in [0.1, 0.15) is 41.6 Å². The highest BCUT2D eigenvalue weighted by molar-refractivity contribution is 6.05. The fourth-order valence-corrected chi connectivity index (χ4v) is 3.44. The quantitative estimate of drug-likeness (QED) is 0.763. The number of halogens is 1. The van der Waals surface area contributed by atoms with Crippen molar-refractivity contribution in [3.63, 3.8) is 0 Å². The van der Waals surface area contributed by atoms with Crippen LogP contribution >= 0.6 is 0 Å². The van der Waals surface area contributed by atoms with E-state index in [1.165, 1.54) is 12.1 Å². The van der Waals surface area contributed by atoms with E-state index in [4.69, 9.17) is 4.74 Å². The van der Waals surface area contributed by atoms with E-state index in [1.807, 2.05) is 0 Å². The van der Waals surface area contributed by atoms with Gasteiger partial charge in [-0.15, -0.1) is 0 Å². The number of rotatable bonds is 1. The van der Waals surface area contributed by atoms with Crippen LogP contribution in [0.3, 0.4) is 0 Å². The number of benzene rings is 1. The average Bonchev–Trinajstić information content (AvgIpc) is 2.63. The van der Waals surface area contributed by atoms with Crippen molar-refractivity contribution in [2.75, 3.05) is 7.11 Å². The lowest BCUT2D eigenvalue weighted by Crippen LogP contribution is -2.35. The number of hydrogen-bond donors (Lipinski definition) is 0. The molecule has 2 aliphatic rings. The first-order chi connectivity index (χ1) is 8.64. The van der Waals surface area contributed by atoms with Crippen LogP contribution in [0.5, 0.6) is 0 Å². The van der Waals surface area contributed by atoms with Gasteiger partial charge in [-0.1, -0.05) is 0 Å². The van der Waals surface area contributed by atoms with Gasteiger partial charge in [0, 0.05) is 18.1 Å². The van der Waals surface area contributed by atoms with Crippen LogP contribution in [0.25, 0.3) is 0 Å². The summed E-state index contributed by atoms with van der Waals surface area (Å²) in [5, 5.41) is 0. The van der Waals surface area contributed by atoms with Crippen LogP contribution in [-0.4, -0.2) is 19.0 Å². The van der Waals surface area contributed by atoms with Crippen molar-refractivity contribution in [2.24, 2.45) is 5.41 Å². The highest BCUT2D eigenvalue weighted by Gasteiger charge is 2.47. The standard InChI is InChI=1S/C15H17FO2/c1-18-12-4-6-15(7-5-12)9-10-8-11(16)2-3-13(10)14(15)17/h2-3,8,12H,4-7,9H2,1H3. The third kappa shape index (κ3) is 1.69. The minimum Gasteiger partial charge on any atom is -0.381 e. The van der Waals surface area contributed by atoms with E-state index in [2.05, 4.69) is 0 Å². The highest BCUT2D eigenvalue weighted by atomic mass is 19.1. The van der Waals surface area contributed by atoms with Gasteiger partial charge in [-0.3, -0.25) is 4.79 Å². The van der Waals surface area contributed by atoms with Gasteiger partial charge in [0.15, 0.2) is 5.78 Å². The maximum atomic E-state index is 13.2. The zero-order valence-electron chi connectivity index (χ0n) is 10.5. The number of carbonyl (C=O) groups excluding carboxylic acids is 1. The van der Waals surface area contributed by atoms with Crippen LogP contribution in [0.2, 0.25) is 0 Å². The lowest BCUT2D eigenvalue weighted by Gasteiger charge is -2.35. The minimum atomic E-state index is -0.273. The van der Waals surface area contributed by atoms with Crippen LogP contribution in [-0.2, 0) is 11.2 Å². The predicted molar refractivity (Wildman–Crippen MR) is 66.1 cm³/mol. The van der Waals surface area contributed by atoms with Crippen molar-refractivity contribution < 1.29 is 13.9 Å². The Hall–Kier alpha value is -1.22. The molecule has 3 heteroatoms. The molecule has 1 fully saturated rings. The minimum absolute atomic E-state index is 0.215. The maximum Gasteiger partial charge on any atom is 0.169 e. The molecular formula is C15H17FO2. The number of fused-ring (bicyclic) bond motifs is 1. The molecule has 1 aromatic carbocycles. The second-order valence-corrected chi connectivity index (χ2v) is 5.52. The maximum absolute atomic E-state index is 13.2. The molecule has 0 saturated heterocycles. The van der Waals surface area contributed by atoms with Crippen LogP contribution < -0.4 is 0 Å². The van der Waals surface area contributed by atoms with Crippen molar-refractivity contribution in [1.29, 1.82) is 0 Å². The zero-order valence-corrected chi connectivity index (χ0v) is 10.5. The van der Waals surface area contributed by atoms with Gasteiger partial charge < -0.3 is 4.74 Å². The Morgan fingerprint density at radius 3 is 2.72 bits per heavy atom. The number of hydrogen-bond acceptors (Lipinski definition) is 2. The molecule has 0 atom stereocenters. The normalized spacial score (nSPS) is 30.8. The summed E-state index contributed by atoms with van der Waals surface area (Å²) in [6.07, 6.45) is 4.57. The largest absolute Gasteiger partial charge is 0.381 e. The number of ketones is 1. The molecule has 96 valence electrons. The van der Waals surface area contributed by atoms with Crippen molar-refractivity contribution in [2.45, 2.75) is 38.2 Å². The molecular weight excluding hydrogens is 231 g/mol. The Balaban J connectivity index is 1.88. The highest BCUT2D eigenvalue weighted by Crippen LogP contribution is 2.47. The first kappa shape index (κ1) is 11.8. The molecule has 1 spiro atoms. The Morgan fingerprint density at radius 1 is 1.33 bits per heavy atom. The summed E-state index contributed by atoms with van der Waals surface area (Å²) in [7, 11) is 1.73. The smallest absolute Gasteiger partial charge is 0.169 e. The topological polar surface area (TPSA) is 26.3 Å². The fourth-order valence-electron chi connectivity index (χ4n) is 3.44. The average molecular weight is 248 g/mol. The third-order valence-corrected chi connectivity index (χ3v) is 4.55. The lowest BCUT2D eigenvalue weighted by atomic mass is 9.70. The van der Waals surface area contributed by atoms with E-state index in [-0.39, 0.29) is 23.1 Å². The van der Waals surface area contributed by atoms with Gasteiger partial charge in [0.2, 0.25) is 0 Å². The summed E-state index contributed by atoms with van der Waals surface area (Å²) in [5.41, 5.74) is 1.34. The molecule has 1 aromatic rings. The molecule has 0 bridgehead atoms. The molecule has 2 aliphatic carbocycles. The fraction of sp³-hybridized carbons (Fsp3) is 0.533. The molecule has 2 nitrogen and oxygen atoms in total. The molecule has 0 N–H and O–H groups in total. The third-order valence-electron chi connectivity index (χ3n) is 4.55. The molecule has 0 amide bonds. The van der Waals surface area contributed by atoms with Gasteiger partial charge in [-0.25, -0.2) is 4.39 Å². The van der Waals surface area contributed by atoms with Gasteiger partial charge in [0.05, 0.1) is 6.10 Å². The van der Waals surface area contributed by atoms with Crippen molar-refractivity contribution in [3.05, 3.63) is 35.1 Å². The second-order valence-electron chi connectivity index (χ2n) is 5.52. The van der Waals surface area contributed by atoms with E-state index in [9.17, 15) is 9.18 Å². The second kappa shape index (κ2) is 4.16. The van der Waals surface area contributed by atoms with E-state index in [1.54, 1.807) is 13.2 Å². The molecule has 18 heavy (non-hydrogen) atoms. The van der Waals surface area contributed by atoms with Crippen molar-refractivity contribution in [1.82, 2.24) is 0 Å². The molecule has 3 rings (SSSR count).